The van der Waals surface area contributed by atoms with Crippen molar-refractivity contribution in [2.45, 2.75) is 32.0 Å². The van der Waals surface area contributed by atoms with Gasteiger partial charge in [-0.25, -0.2) is 4.79 Å². The second-order valence-corrected chi connectivity index (χ2v) is 9.59. The Bertz CT molecular complexity index is 1310. The van der Waals surface area contributed by atoms with E-state index in [1.807, 2.05) is 54.6 Å². The maximum absolute atomic E-state index is 13.1. The molecule has 0 saturated carbocycles. The summed E-state index contributed by atoms with van der Waals surface area (Å²) in [5.74, 6) is 0.768. The Morgan fingerprint density at radius 2 is 1.92 bits per heavy atom. The molecular formula is C28H32N4O5. The first kappa shape index (κ1) is 24.8. The number of carbonyl (C=O) groups is 2. The van der Waals surface area contributed by atoms with Crippen LogP contribution in [0, 0.1) is 5.92 Å². The molecule has 0 radical (unpaired) electrons. The number of aromatic nitrogens is 1. The largest absolute Gasteiger partial charge is 0.493 e. The van der Waals surface area contributed by atoms with Gasteiger partial charge in [0.15, 0.2) is 0 Å². The van der Waals surface area contributed by atoms with Crippen LogP contribution >= 0.6 is 0 Å². The molecule has 3 heterocycles. The molecule has 0 aliphatic carbocycles. The molecule has 37 heavy (non-hydrogen) atoms. The minimum Gasteiger partial charge on any atom is -0.493 e. The molecule has 2 atom stereocenters. The third kappa shape index (κ3) is 6.11. The lowest BCUT2D eigenvalue weighted by atomic mass is 10.1. The number of alkyl carbamates (subject to hydrolysis) is 1. The zero-order valence-corrected chi connectivity index (χ0v) is 20.7. The average Bonchev–Trinajstić information content (AvgIpc) is 3.33. The van der Waals surface area contributed by atoms with Gasteiger partial charge in [0.05, 0.1) is 18.2 Å². The molecular weight excluding hydrogens is 472 g/mol. The summed E-state index contributed by atoms with van der Waals surface area (Å²) < 4.78 is 12.9. The van der Waals surface area contributed by atoms with E-state index in [2.05, 4.69) is 15.5 Å². The number of nitrogens with zero attached hydrogens (tertiary/aromatic N) is 2. The van der Waals surface area contributed by atoms with Gasteiger partial charge in [-0.05, 0) is 47.9 Å². The van der Waals surface area contributed by atoms with Gasteiger partial charge in [0.25, 0.3) is 5.56 Å². The van der Waals surface area contributed by atoms with Crippen LogP contribution in [-0.4, -0.2) is 60.3 Å². The molecule has 9 heteroatoms. The van der Waals surface area contributed by atoms with E-state index in [0.717, 1.165) is 16.5 Å². The Morgan fingerprint density at radius 1 is 1.08 bits per heavy atom. The highest BCUT2D eigenvalue weighted by atomic mass is 16.5. The number of pyridine rings is 1. The van der Waals surface area contributed by atoms with E-state index in [9.17, 15) is 14.4 Å². The van der Waals surface area contributed by atoms with Crippen LogP contribution in [-0.2, 0) is 22.7 Å². The second kappa shape index (κ2) is 11.5. The molecule has 9 nitrogen and oxygen atoms in total. The van der Waals surface area contributed by atoms with Crippen molar-refractivity contribution in [2.75, 3.05) is 32.8 Å². The fraction of sp³-hybridized carbons (Fsp3) is 0.393. The number of fused-ring (bicyclic) bond motifs is 2. The highest BCUT2D eigenvalue weighted by Crippen LogP contribution is 2.25. The van der Waals surface area contributed by atoms with E-state index in [-0.39, 0.29) is 30.0 Å². The van der Waals surface area contributed by atoms with Crippen molar-refractivity contribution < 1.29 is 19.1 Å². The van der Waals surface area contributed by atoms with Crippen LogP contribution in [0.15, 0.2) is 65.5 Å². The van der Waals surface area contributed by atoms with Gasteiger partial charge >= 0.3 is 6.09 Å². The number of nitrogens with one attached hydrogen (secondary N) is 2. The average molecular weight is 505 g/mol. The van der Waals surface area contributed by atoms with Gasteiger partial charge in [-0.1, -0.05) is 30.3 Å². The molecule has 5 rings (SSSR count). The molecule has 2 N–H and O–H groups in total. The van der Waals surface area contributed by atoms with Crippen molar-refractivity contribution in [1.29, 1.82) is 0 Å². The zero-order valence-electron chi connectivity index (χ0n) is 20.7. The Labute approximate surface area is 215 Å². The van der Waals surface area contributed by atoms with Crippen molar-refractivity contribution in [1.82, 2.24) is 20.1 Å². The Kier molecular flexibility index (Phi) is 7.70. The normalized spacial score (nSPS) is 20.5. The molecule has 194 valence electrons. The van der Waals surface area contributed by atoms with Crippen LogP contribution in [0.25, 0.3) is 10.9 Å². The van der Waals surface area contributed by atoms with Crippen LogP contribution in [0.3, 0.4) is 0 Å². The molecule has 2 aliphatic rings. The summed E-state index contributed by atoms with van der Waals surface area (Å²) in [5.41, 5.74) is 1.66. The number of ether oxygens (including phenoxy) is 2. The molecule has 0 spiro atoms. The Morgan fingerprint density at radius 3 is 2.78 bits per heavy atom. The van der Waals surface area contributed by atoms with Crippen molar-refractivity contribution in [2.24, 2.45) is 5.92 Å². The van der Waals surface area contributed by atoms with Gasteiger partial charge in [-0.15, -0.1) is 0 Å². The van der Waals surface area contributed by atoms with Gasteiger partial charge in [-0.3, -0.25) is 14.5 Å². The predicted molar refractivity (Wildman–Crippen MR) is 139 cm³/mol. The quantitative estimate of drug-likeness (QED) is 0.566. The lowest BCUT2D eigenvalue weighted by Crippen LogP contribution is -2.45. The monoisotopic (exact) mass is 504 g/mol. The Balaban J connectivity index is 1.26. The number of benzene rings is 2. The topological polar surface area (TPSA) is 102 Å². The third-order valence-corrected chi connectivity index (χ3v) is 7.00. The number of hydrogen-bond donors (Lipinski definition) is 2. The fourth-order valence-electron chi connectivity index (χ4n) is 5.08. The summed E-state index contributed by atoms with van der Waals surface area (Å²) in [4.78, 5) is 40.2. The zero-order chi connectivity index (χ0) is 25.6. The van der Waals surface area contributed by atoms with Crippen molar-refractivity contribution in [3.63, 3.8) is 0 Å². The first-order valence-electron chi connectivity index (χ1n) is 12.8. The van der Waals surface area contributed by atoms with Crippen LogP contribution in [0.1, 0.15) is 18.4 Å². The van der Waals surface area contributed by atoms with Crippen LogP contribution in [0.4, 0.5) is 4.79 Å². The maximum atomic E-state index is 13.1. The van der Waals surface area contributed by atoms with Gasteiger partial charge in [0.2, 0.25) is 5.91 Å². The van der Waals surface area contributed by atoms with Crippen LogP contribution < -0.4 is 20.9 Å². The summed E-state index contributed by atoms with van der Waals surface area (Å²) >= 11 is 0. The highest BCUT2D eigenvalue weighted by Gasteiger charge is 2.36. The van der Waals surface area contributed by atoms with Crippen LogP contribution in [0.2, 0.25) is 0 Å². The van der Waals surface area contributed by atoms with Crippen molar-refractivity contribution in [3.05, 3.63) is 76.6 Å². The summed E-state index contributed by atoms with van der Waals surface area (Å²) in [6.45, 7) is 3.24. The third-order valence-electron chi connectivity index (χ3n) is 7.00. The minimum absolute atomic E-state index is 0.0321. The van der Waals surface area contributed by atoms with Gasteiger partial charge < -0.3 is 24.7 Å². The molecule has 2 bridgehead atoms. The lowest BCUT2D eigenvalue weighted by molar-refractivity contribution is -0.125. The van der Waals surface area contributed by atoms with Crippen LogP contribution in [0.5, 0.6) is 5.75 Å². The first-order valence-corrected chi connectivity index (χ1v) is 12.8. The van der Waals surface area contributed by atoms with E-state index in [1.165, 1.54) is 0 Å². The molecule has 1 aromatic heterocycles. The molecule has 2 aliphatic heterocycles. The number of carbonyl (C=O) groups excluding carboxylic acids is 2. The van der Waals surface area contributed by atoms with E-state index in [1.54, 1.807) is 10.6 Å². The molecule has 0 unspecified atom stereocenters. The lowest BCUT2D eigenvalue weighted by Gasteiger charge is -2.25. The number of rotatable bonds is 4. The summed E-state index contributed by atoms with van der Waals surface area (Å²) in [7, 11) is 0. The standard InChI is InChI=1S/C28H32N4O5/c33-26-10-8-22-7-9-23-16-24(22)32(26)13-12-31-18-21(15-25(31)27(34)29-11-4-14-36-23)17-30-28(35)37-19-20-5-2-1-3-6-20/h1-3,5-10,16,21,25H,4,11-15,17-19H2,(H,29,34)(H,30,35)/t21-,25-/m0/s1. The summed E-state index contributed by atoms with van der Waals surface area (Å²) in [6.07, 6.45) is 0.825. The second-order valence-electron chi connectivity index (χ2n) is 9.59. The highest BCUT2D eigenvalue weighted by molar-refractivity contribution is 5.82. The smallest absolute Gasteiger partial charge is 0.407 e. The molecule has 2 amide bonds. The van der Waals surface area contributed by atoms with Gasteiger partial charge in [0.1, 0.15) is 12.4 Å². The molecule has 3 aromatic rings. The first-order chi connectivity index (χ1) is 18.1. The molecule has 1 saturated heterocycles. The fourth-order valence-corrected chi connectivity index (χ4v) is 5.08. The summed E-state index contributed by atoms with van der Waals surface area (Å²) in [5, 5.41) is 6.84. The SMILES string of the molecule is O=C(NC[C@@H]1C[C@H]2C(=O)NCCCOc3ccc4ccc(=O)n(c4c3)CCN2C1)OCc1ccccc1. The van der Waals surface area contributed by atoms with E-state index < -0.39 is 6.09 Å². The van der Waals surface area contributed by atoms with E-state index in [0.29, 0.717) is 57.9 Å². The number of hydrogen-bond acceptors (Lipinski definition) is 6. The molecule has 2 aromatic carbocycles. The maximum Gasteiger partial charge on any atom is 0.407 e. The molecule has 1 fully saturated rings. The number of amides is 2. The van der Waals surface area contributed by atoms with E-state index in [4.69, 9.17) is 9.47 Å². The predicted octanol–water partition coefficient (Wildman–Crippen LogP) is 2.52. The minimum atomic E-state index is -0.472. The van der Waals surface area contributed by atoms with Crippen molar-refractivity contribution >= 4 is 22.9 Å². The van der Waals surface area contributed by atoms with Crippen molar-refractivity contribution in [3.8, 4) is 5.75 Å². The Hall–Kier alpha value is -3.85. The summed E-state index contributed by atoms with van der Waals surface area (Å²) in [6, 6.07) is 18.4. The van der Waals surface area contributed by atoms with Gasteiger partial charge in [-0.2, -0.15) is 0 Å². The van der Waals surface area contributed by atoms with Gasteiger partial charge in [0, 0.05) is 44.9 Å². The van der Waals surface area contributed by atoms with E-state index >= 15 is 0 Å².